The Hall–Kier alpha value is -4.98. The molecule has 1 fully saturated rings. The van der Waals surface area contributed by atoms with E-state index in [9.17, 15) is 14.7 Å². The molecule has 4 aromatic rings. The summed E-state index contributed by atoms with van der Waals surface area (Å²) in [6, 6.07) is 24.2. The molecule has 0 saturated carbocycles. The molecule has 1 aromatic heterocycles. The highest BCUT2D eigenvalue weighted by Gasteiger charge is 2.46. The second-order valence-corrected chi connectivity index (χ2v) is 8.92. The first-order chi connectivity index (χ1) is 19.0. The van der Waals surface area contributed by atoms with Crippen molar-refractivity contribution in [2.75, 3.05) is 14.2 Å². The number of ether oxygens (including phenoxy) is 3. The quantitative estimate of drug-likeness (QED) is 0.175. The van der Waals surface area contributed by atoms with E-state index in [1.807, 2.05) is 30.3 Å². The molecule has 39 heavy (non-hydrogen) atoms. The lowest BCUT2D eigenvalue weighted by Crippen LogP contribution is -2.29. The number of hydrogen-bond donors (Lipinski definition) is 1. The maximum atomic E-state index is 13.4. The second kappa shape index (κ2) is 11.2. The summed E-state index contributed by atoms with van der Waals surface area (Å²) in [5, 5.41) is 11.5. The Balaban J connectivity index is 1.59. The van der Waals surface area contributed by atoms with Crippen LogP contribution in [-0.4, -0.2) is 35.9 Å². The Morgan fingerprint density at radius 3 is 2.44 bits per heavy atom. The molecule has 1 aliphatic heterocycles. The third-order valence-corrected chi connectivity index (χ3v) is 6.53. The number of likely N-dealkylation sites (tertiary alicyclic amines) is 1. The van der Waals surface area contributed by atoms with Crippen molar-refractivity contribution in [3.8, 4) is 17.2 Å². The monoisotopic (exact) mass is 525 g/mol. The molecule has 1 unspecified atom stereocenters. The van der Waals surface area contributed by atoms with E-state index in [0.717, 1.165) is 5.56 Å². The molecular formula is C31H27NO7. The Morgan fingerprint density at radius 1 is 0.897 bits per heavy atom. The fraction of sp³-hybridized carbons (Fsp3) is 0.161. The number of hydrogen-bond acceptors (Lipinski definition) is 7. The number of ketones is 1. The Bertz CT molecular complexity index is 1510. The normalized spacial score (nSPS) is 16.4. The highest BCUT2D eigenvalue weighted by atomic mass is 16.5. The standard InChI is InChI=1S/C31H27NO7/c1-36-22-13-14-25(26(17-22)37-2)29(33)27-28(32(31(35)30(27)34)18-24-12-7-15-38-24)21-10-6-11-23(16-21)39-19-20-8-4-3-5-9-20/h3-17,28,33H,18-19H2,1-2H3/b29-27+. The van der Waals surface area contributed by atoms with Gasteiger partial charge in [-0.1, -0.05) is 42.5 Å². The molecule has 8 nitrogen and oxygen atoms in total. The Kier molecular flexibility index (Phi) is 7.36. The van der Waals surface area contributed by atoms with Crippen LogP contribution in [0.3, 0.4) is 0 Å². The molecule has 8 heteroatoms. The number of nitrogens with zero attached hydrogens (tertiary/aromatic N) is 1. The molecular weight excluding hydrogens is 498 g/mol. The number of aliphatic hydroxyl groups is 1. The molecule has 0 radical (unpaired) electrons. The van der Waals surface area contributed by atoms with E-state index in [1.165, 1.54) is 25.4 Å². The van der Waals surface area contributed by atoms with Crippen LogP contribution in [0.4, 0.5) is 0 Å². The Morgan fingerprint density at radius 2 is 1.72 bits per heavy atom. The first-order valence-electron chi connectivity index (χ1n) is 12.3. The topological polar surface area (TPSA) is 98.4 Å². The fourth-order valence-electron chi connectivity index (χ4n) is 4.61. The number of rotatable bonds is 9. The minimum atomic E-state index is -0.901. The number of aliphatic hydroxyl groups excluding tert-OH is 1. The molecule has 1 amide bonds. The van der Waals surface area contributed by atoms with Gasteiger partial charge in [-0.2, -0.15) is 0 Å². The molecule has 3 aromatic carbocycles. The molecule has 5 rings (SSSR count). The largest absolute Gasteiger partial charge is 0.507 e. The van der Waals surface area contributed by atoms with Crippen molar-refractivity contribution in [2.24, 2.45) is 0 Å². The van der Waals surface area contributed by atoms with Gasteiger partial charge < -0.3 is 28.6 Å². The smallest absolute Gasteiger partial charge is 0.296 e. The Labute approximate surface area is 225 Å². The first kappa shape index (κ1) is 25.7. The highest BCUT2D eigenvalue weighted by molar-refractivity contribution is 6.46. The number of amides is 1. The number of furan rings is 1. The molecule has 1 N–H and O–H groups in total. The summed E-state index contributed by atoms with van der Waals surface area (Å²) in [6.07, 6.45) is 1.50. The van der Waals surface area contributed by atoms with Gasteiger partial charge in [0.05, 0.1) is 44.2 Å². The summed E-state index contributed by atoms with van der Waals surface area (Å²) in [7, 11) is 2.97. The van der Waals surface area contributed by atoms with Crippen LogP contribution in [-0.2, 0) is 22.7 Å². The average molecular weight is 526 g/mol. The number of carbonyl (C=O) groups excluding carboxylic acids is 2. The van der Waals surface area contributed by atoms with Crippen LogP contribution < -0.4 is 14.2 Å². The molecule has 1 atom stereocenters. The van der Waals surface area contributed by atoms with Crippen molar-refractivity contribution < 1.29 is 33.3 Å². The van der Waals surface area contributed by atoms with Gasteiger partial charge in [0.25, 0.3) is 11.7 Å². The maximum absolute atomic E-state index is 13.4. The second-order valence-electron chi connectivity index (χ2n) is 8.92. The molecule has 0 aliphatic carbocycles. The van der Waals surface area contributed by atoms with Crippen LogP contribution >= 0.6 is 0 Å². The number of benzene rings is 3. The van der Waals surface area contributed by atoms with Crippen LogP contribution in [0.5, 0.6) is 17.2 Å². The van der Waals surface area contributed by atoms with E-state index in [2.05, 4.69) is 0 Å². The van der Waals surface area contributed by atoms with E-state index in [0.29, 0.717) is 35.2 Å². The lowest BCUT2D eigenvalue weighted by molar-refractivity contribution is -0.140. The van der Waals surface area contributed by atoms with Gasteiger partial charge in [0, 0.05) is 6.07 Å². The zero-order valence-electron chi connectivity index (χ0n) is 21.5. The van der Waals surface area contributed by atoms with Crippen LogP contribution in [0, 0.1) is 0 Å². The van der Waals surface area contributed by atoms with Gasteiger partial charge in [-0.05, 0) is 47.5 Å². The van der Waals surface area contributed by atoms with Crippen molar-refractivity contribution in [3.05, 3.63) is 119 Å². The number of methoxy groups -OCH3 is 2. The van der Waals surface area contributed by atoms with Gasteiger partial charge in [0.15, 0.2) is 0 Å². The predicted octanol–water partition coefficient (Wildman–Crippen LogP) is 5.50. The highest BCUT2D eigenvalue weighted by Crippen LogP contribution is 2.43. The minimum Gasteiger partial charge on any atom is -0.507 e. The minimum absolute atomic E-state index is 0.0356. The van der Waals surface area contributed by atoms with Crippen LogP contribution in [0.15, 0.2) is 101 Å². The van der Waals surface area contributed by atoms with E-state index < -0.39 is 17.7 Å². The van der Waals surface area contributed by atoms with Crippen LogP contribution in [0.1, 0.15) is 28.5 Å². The van der Waals surface area contributed by atoms with Crippen molar-refractivity contribution in [1.82, 2.24) is 4.90 Å². The zero-order chi connectivity index (χ0) is 27.4. The molecule has 2 heterocycles. The van der Waals surface area contributed by atoms with Gasteiger partial charge in [-0.15, -0.1) is 0 Å². The third kappa shape index (κ3) is 5.22. The van der Waals surface area contributed by atoms with Gasteiger partial charge >= 0.3 is 0 Å². The number of Topliss-reactive ketones (excluding diaryl/α,β-unsaturated/α-hetero) is 1. The van der Waals surface area contributed by atoms with Crippen molar-refractivity contribution in [2.45, 2.75) is 19.2 Å². The summed E-state index contributed by atoms with van der Waals surface area (Å²) in [5.74, 6) is -0.0411. The van der Waals surface area contributed by atoms with Crippen molar-refractivity contribution in [3.63, 3.8) is 0 Å². The number of carbonyl (C=O) groups is 2. The molecule has 198 valence electrons. The van der Waals surface area contributed by atoms with Crippen LogP contribution in [0.2, 0.25) is 0 Å². The molecule has 1 aliphatic rings. The van der Waals surface area contributed by atoms with E-state index in [-0.39, 0.29) is 23.4 Å². The fourth-order valence-corrected chi connectivity index (χ4v) is 4.61. The van der Waals surface area contributed by atoms with Gasteiger partial charge in [0.2, 0.25) is 0 Å². The third-order valence-electron chi connectivity index (χ3n) is 6.53. The summed E-state index contributed by atoms with van der Waals surface area (Å²) < 4.78 is 22.2. The van der Waals surface area contributed by atoms with Gasteiger partial charge in [0.1, 0.15) is 35.4 Å². The van der Waals surface area contributed by atoms with E-state index in [4.69, 9.17) is 18.6 Å². The molecule has 1 saturated heterocycles. The zero-order valence-corrected chi connectivity index (χ0v) is 21.5. The molecule has 0 spiro atoms. The lowest BCUT2D eigenvalue weighted by atomic mass is 9.94. The molecule has 0 bridgehead atoms. The predicted molar refractivity (Wildman–Crippen MR) is 143 cm³/mol. The SMILES string of the molecule is COc1ccc(/C(O)=C2\C(=O)C(=O)N(Cc3ccco3)C2c2cccc(OCc3ccccc3)c2)c(OC)c1. The van der Waals surface area contributed by atoms with Gasteiger partial charge in [-0.3, -0.25) is 9.59 Å². The van der Waals surface area contributed by atoms with E-state index in [1.54, 1.807) is 54.6 Å². The summed E-state index contributed by atoms with van der Waals surface area (Å²) >= 11 is 0. The summed E-state index contributed by atoms with van der Waals surface area (Å²) in [6.45, 7) is 0.383. The summed E-state index contributed by atoms with van der Waals surface area (Å²) in [4.78, 5) is 28.1. The van der Waals surface area contributed by atoms with Crippen LogP contribution in [0.25, 0.3) is 5.76 Å². The van der Waals surface area contributed by atoms with Crippen molar-refractivity contribution in [1.29, 1.82) is 0 Å². The average Bonchev–Trinajstić information content (AvgIpc) is 3.58. The van der Waals surface area contributed by atoms with Crippen molar-refractivity contribution >= 4 is 17.4 Å². The van der Waals surface area contributed by atoms with Gasteiger partial charge in [-0.25, -0.2) is 0 Å². The summed E-state index contributed by atoms with van der Waals surface area (Å²) in [5.41, 5.74) is 1.80. The first-order valence-corrected chi connectivity index (χ1v) is 12.3. The van der Waals surface area contributed by atoms with E-state index >= 15 is 0 Å². The lowest BCUT2D eigenvalue weighted by Gasteiger charge is -2.25. The maximum Gasteiger partial charge on any atom is 0.296 e.